The van der Waals surface area contributed by atoms with Crippen molar-refractivity contribution in [3.05, 3.63) is 59.2 Å². The van der Waals surface area contributed by atoms with Gasteiger partial charge in [0, 0.05) is 32.0 Å². The maximum atomic E-state index is 13.0. The first-order valence-corrected chi connectivity index (χ1v) is 11.6. The Balaban J connectivity index is 1.50. The molecule has 164 valence electrons. The van der Waals surface area contributed by atoms with Gasteiger partial charge in [-0.25, -0.2) is 4.98 Å². The van der Waals surface area contributed by atoms with Crippen molar-refractivity contribution in [3.8, 4) is 0 Å². The summed E-state index contributed by atoms with van der Waals surface area (Å²) in [5, 5.41) is 4.25. The fourth-order valence-corrected chi connectivity index (χ4v) is 5.30. The number of aromatic amines is 1. The van der Waals surface area contributed by atoms with E-state index in [9.17, 15) is 4.79 Å². The van der Waals surface area contributed by atoms with E-state index in [-0.39, 0.29) is 11.9 Å². The lowest BCUT2D eigenvalue weighted by atomic mass is 10.0. The predicted octanol–water partition coefficient (Wildman–Crippen LogP) is 3.68. The molecule has 2 N–H and O–H groups in total. The molecule has 31 heavy (non-hydrogen) atoms. The summed E-state index contributed by atoms with van der Waals surface area (Å²) in [5.74, 6) is 0.0788. The van der Waals surface area contributed by atoms with Gasteiger partial charge in [0.15, 0.2) is 5.16 Å². The van der Waals surface area contributed by atoms with Crippen molar-refractivity contribution in [2.45, 2.75) is 43.3 Å². The number of carbonyl (C=O) groups is 1. The Morgan fingerprint density at radius 2 is 2.13 bits per heavy atom. The topological polar surface area (TPSA) is 70.2 Å². The van der Waals surface area contributed by atoms with Gasteiger partial charge in [-0.3, -0.25) is 9.69 Å². The molecule has 0 saturated carbocycles. The number of fused-ring (bicyclic) bond motifs is 1. The van der Waals surface area contributed by atoms with Crippen LogP contribution in [-0.2, 0) is 16.1 Å². The largest absolute Gasteiger partial charge is 0.383 e. The van der Waals surface area contributed by atoms with Crippen LogP contribution in [0.25, 0.3) is 11.0 Å². The van der Waals surface area contributed by atoms with E-state index in [0.717, 1.165) is 35.7 Å². The van der Waals surface area contributed by atoms with E-state index in [2.05, 4.69) is 47.2 Å². The number of aryl methyl sites for hydroxylation is 2. The van der Waals surface area contributed by atoms with E-state index < -0.39 is 0 Å². The summed E-state index contributed by atoms with van der Waals surface area (Å²) in [6.45, 7) is 6.92. The number of aromatic nitrogens is 2. The first-order valence-electron chi connectivity index (χ1n) is 10.7. The standard InChI is InChI=1S/C24H30N4O2S/c1-16-8-9-17(2)18(12-16)14-28-15-19(13-22(28)23(29)25-10-11-30-3)31-24-26-20-6-4-5-7-21(20)27-24/h4-9,12,19,22H,10-11,13-15H2,1-3H3,(H,25,29)(H,26,27)/t19-,22-/m0/s1. The van der Waals surface area contributed by atoms with Crippen LogP contribution in [-0.4, -0.2) is 58.9 Å². The summed E-state index contributed by atoms with van der Waals surface area (Å²) < 4.78 is 5.09. The first-order chi connectivity index (χ1) is 15.0. The zero-order chi connectivity index (χ0) is 21.8. The summed E-state index contributed by atoms with van der Waals surface area (Å²) >= 11 is 1.74. The monoisotopic (exact) mass is 438 g/mol. The molecule has 1 aromatic heterocycles. The second kappa shape index (κ2) is 9.85. The second-order valence-corrected chi connectivity index (χ2v) is 9.48. The highest BCUT2D eigenvalue weighted by Gasteiger charge is 2.37. The zero-order valence-corrected chi connectivity index (χ0v) is 19.2. The van der Waals surface area contributed by atoms with Gasteiger partial charge in [-0.1, -0.05) is 47.7 Å². The molecule has 1 fully saturated rings. The highest BCUT2D eigenvalue weighted by molar-refractivity contribution is 7.99. The molecule has 0 aliphatic carbocycles. The third-order valence-electron chi connectivity index (χ3n) is 5.80. The first kappa shape index (κ1) is 21.9. The normalized spacial score (nSPS) is 19.2. The number of para-hydroxylation sites is 2. The van der Waals surface area contributed by atoms with E-state index >= 15 is 0 Å². The van der Waals surface area contributed by atoms with E-state index in [0.29, 0.717) is 18.4 Å². The second-order valence-electron chi connectivity index (χ2n) is 8.19. The Bertz CT molecular complexity index is 1020. The molecule has 0 spiro atoms. The SMILES string of the molecule is COCCNC(=O)[C@@H]1C[C@H](Sc2nc3ccccc3[nH]2)CN1Cc1cc(C)ccc1C. The average molecular weight is 439 g/mol. The molecular weight excluding hydrogens is 408 g/mol. The van der Waals surface area contributed by atoms with Gasteiger partial charge in [0.2, 0.25) is 5.91 Å². The van der Waals surface area contributed by atoms with Gasteiger partial charge < -0.3 is 15.0 Å². The van der Waals surface area contributed by atoms with Crippen LogP contribution in [0.4, 0.5) is 0 Å². The van der Waals surface area contributed by atoms with E-state index in [4.69, 9.17) is 9.72 Å². The van der Waals surface area contributed by atoms with Gasteiger partial charge >= 0.3 is 0 Å². The fraction of sp³-hybridized carbons (Fsp3) is 0.417. The molecule has 2 heterocycles. The van der Waals surface area contributed by atoms with Crippen molar-refractivity contribution in [1.82, 2.24) is 20.2 Å². The van der Waals surface area contributed by atoms with Crippen molar-refractivity contribution < 1.29 is 9.53 Å². The summed E-state index contributed by atoms with van der Waals surface area (Å²) in [4.78, 5) is 23.4. The minimum Gasteiger partial charge on any atom is -0.383 e. The van der Waals surface area contributed by atoms with Crippen LogP contribution in [0.3, 0.4) is 0 Å². The maximum Gasteiger partial charge on any atom is 0.237 e. The molecule has 1 saturated heterocycles. The van der Waals surface area contributed by atoms with Crippen LogP contribution in [0.1, 0.15) is 23.1 Å². The number of nitrogens with zero attached hydrogens (tertiary/aromatic N) is 2. The number of nitrogens with one attached hydrogen (secondary N) is 2. The minimum absolute atomic E-state index is 0.0788. The summed E-state index contributed by atoms with van der Waals surface area (Å²) in [6.07, 6.45) is 0.797. The third kappa shape index (κ3) is 5.29. The number of amides is 1. The number of imidazole rings is 1. The van der Waals surface area contributed by atoms with Crippen molar-refractivity contribution in [3.63, 3.8) is 0 Å². The molecule has 1 aliphatic heterocycles. The van der Waals surface area contributed by atoms with Crippen molar-refractivity contribution in [1.29, 1.82) is 0 Å². The number of benzene rings is 2. The molecule has 0 radical (unpaired) electrons. The molecule has 4 rings (SSSR count). The number of H-pyrrole nitrogens is 1. The zero-order valence-electron chi connectivity index (χ0n) is 18.4. The molecule has 3 aromatic rings. The van der Waals surface area contributed by atoms with Gasteiger partial charge in [-0.2, -0.15) is 0 Å². The number of likely N-dealkylation sites (tertiary alicyclic amines) is 1. The Kier molecular flexibility index (Phi) is 6.95. The van der Waals surface area contributed by atoms with E-state index in [1.165, 1.54) is 16.7 Å². The van der Waals surface area contributed by atoms with Gasteiger partial charge in [-0.15, -0.1) is 0 Å². The number of hydrogen-bond donors (Lipinski definition) is 2. The van der Waals surface area contributed by atoms with Crippen LogP contribution in [0.15, 0.2) is 47.6 Å². The highest BCUT2D eigenvalue weighted by Crippen LogP contribution is 2.33. The predicted molar refractivity (Wildman–Crippen MR) is 125 cm³/mol. The van der Waals surface area contributed by atoms with Gasteiger partial charge in [0.1, 0.15) is 0 Å². The number of rotatable bonds is 8. The summed E-state index contributed by atoms with van der Waals surface area (Å²) in [5.41, 5.74) is 5.81. The summed E-state index contributed by atoms with van der Waals surface area (Å²) in [6, 6.07) is 14.4. The number of thioether (sulfide) groups is 1. The quantitative estimate of drug-likeness (QED) is 0.525. The van der Waals surface area contributed by atoms with Crippen LogP contribution in [0.2, 0.25) is 0 Å². The Morgan fingerprint density at radius 3 is 2.94 bits per heavy atom. The lowest BCUT2D eigenvalue weighted by Crippen LogP contribution is -2.43. The Hall–Kier alpha value is -2.35. The smallest absolute Gasteiger partial charge is 0.237 e. The number of hydrogen-bond acceptors (Lipinski definition) is 5. The van der Waals surface area contributed by atoms with Crippen molar-refractivity contribution in [2.24, 2.45) is 0 Å². The van der Waals surface area contributed by atoms with Gasteiger partial charge in [-0.05, 0) is 43.5 Å². The number of carbonyl (C=O) groups excluding carboxylic acids is 1. The van der Waals surface area contributed by atoms with E-state index in [1.807, 2.05) is 24.3 Å². The van der Waals surface area contributed by atoms with Crippen LogP contribution >= 0.6 is 11.8 Å². The molecule has 2 atom stereocenters. The molecule has 2 aromatic carbocycles. The third-order valence-corrected chi connectivity index (χ3v) is 6.89. The number of methoxy groups -OCH3 is 1. The summed E-state index contributed by atoms with van der Waals surface area (Å²) in [7, 11) is 1.65. The minimum atomic E-state index is -0.154. The lowest BCUT2D eigenvalue weighted by molar-refractivity contribution is -0.125. The Labute approximate surface area is 187 Å². The lowest BCUT2D eigenvalue weighted by Gasteiger charge is -2.24. The van der Waals surface area contributed by atoms with Gasteiger partial charge in [0.05, 0.1) is 23.7 Å². The fourth-order valence-electron chi connectivity index (χ4n) is 4.12. The molecule has 6 nitrogen and oxygen atoms in total. The molecule has 1 aliphatic rings. The van der Waals surface area contributed by atoms with Crippen molar-refractivity contribution >= 4 is 28.7 Å². The molecule has 7 heteroatoms. The highest BCUT2D eigenvalue weighted by atomic mass is 32.2. The van der Waals surface area contributed by atoms with Gasteiger partial charge in [0.25, 0.3) is 0 Å². The average Bonchev–Trinajstić information content (AvgIpc) is 3.34. The Morgan fingerprint density at radius 1 is 1.29 bits per heavy atom. The molecular formula is C24H30N4O2S. The maximum absolute atomic E-state index is 13.0. The molecule has 0 unspecified atom stereocenters. The van der Waals surface area contributed by atoms with E-state index in [1.54, 1.807) is 18.9 Å². The van der Waals surface area contributed by atoms with Crippen LogP contribution in [0, 0.1) is 13.8 Å². The van der Waals surface area contributed by atoms with Crippen LogP contribution < -0.4 is 5.32 Å². The molecule has 0 bridgehead atoms. The van der Waals surface area contributed by atoms with Crippen LogP contribution in [0.5, 0.6) is 0 Å². The molecule has 1 amide bonds. The van der Waals surface area contributed by atoms with Crippen molar-refractivity contribution in [2.75, 3.05) is 26.8 Å². The number of ether oxygens (including phenoxy) is 1.